The predicted octanol–water partition coefficient (Wildman–Crippen LogP) is 1.27. The van der Waals surface area contributed by atoms with Crippen molar-refractivity contribution in [3.63, 3.8) is 0 Å². The predicted molar refractivity (Wildman–Crippen MR) is 52.4 cm³/mol. The highest BCUT2D eigenvalue weighted by atomic mass is 15.0. The summed E-state index contributed by atoms with van der Waals surface area (Å²) in [6.45, 7) is 4.52. The zero-order chi connectivity index (χ0) is 9.10. The Balaban J connectivity index is 1.83. The molecule has 72 valence electrons. The first kappa shape index (κ1) is 8.75. The molecule has 0 aromatic carbocycles. The second-order valence-corrected chi connectivity index (χ2v) is 4.01. The van der Waals surface area contributed by atoms with Crippen LogP contribution < -0.4 is 5.32 Å². The Kier molecular flexibility index (Phi) is 2.64. The van der Waals surface area contributed by atoms with Crippen LogP contribution in [0, 0.1) is 5.92 Å². The maximum absolute atomic E-state index is 4.05. The molecule has 1 N–H and O–H groups in total. The summed E-state index contributed by atoms with van der Waals surface area (Å²) < 4.78 is 2.17. The molecule has 1 aliphatic heterocycles. The van der Waals surface area contributed by atoms with E-state index in [1.54, 1.807) is 0 Å². The Morgan fingerprint density at radius 2 is 2.46 bits per heavy atom. The molecule has 0 aliphatic carbocycles. The van der Waals surface area contributed by atoms with Gasteiger partial charge in [-0.25, -0.2) is 4.98 Å². The number of nitrogens with zero attached hydrogens (tertiary/aromatic N) is 2. The van der Waals surface area contributed by atoms with E-state index in [-0.39, 0.29) is 0 Å². The zero-order valence-corrected chi connectivity index (χ0v) is 8.11. The lowest BCUT2D eigenvalue weighted by atomic mass is 9.95. The van der Waals surface area contributed by atoms with E-state index in [2.05, 4.69) is 21.8 Å². The van der Waals surface area contributed by atoms with Crippen LogP contribution >= 0.6 is 0 Å². The third-order valence-electron chi connectivity index (χ3n) is 2.79. The van der Waals surface area contributed by atoms with Gasteiger partial charge in [0.15, 0.2) is 0 Å². The molecule has 0 saturated carbocycles. The Morgan fingerprint density at radius 3 is 3.08 bits per heavy atom. The Bertz CT molecular complexity index is 235. The van der Waals surface area contributed by atoms with Gasteiger partial charge in [0.1, 0.15) is 0 Å². The lowest BCUT2D eigenvalue weighted by Crippen LogP contribution is -2.38. The van der Waals surface area contributed by atoms with Crippen molar-refractivity contribution in [1.82, 2.24) is 14.9 Å². The number of hydrogen-bond acceptors (Lipinski definition) is 2. The van der Waals surface area contributed by atoms with Crippen LogP contribution in [0.3, 0.4) is 0 Å². The van der Waals surface area contributed by atoms with E-state index >= 15 is 0 Å². The fraction of sp³-hybridized carbons (Fsp3) is 0.700. The number of piperidine rings is 1. The van der Waals surface area contributed by atoms with E-state index in [0.717, 1.165) is 19.0 Å². The van der Waals surface area contributed by atoms with Gasteiger partial charge in [-0.3, -0.25) is 0 Å². The second kappa shape index (κ2) is 3.92. The van der Waals surface area contributed by atoms with Gasteiger partial charge in [-0.1, -0.05) is 0 Å². The standard InChI is InChI=1S/C10H17N3/c1-9-2-3-10(6-12-9)7-13-5-4-11-8-13/h4-5,8-10,12H,2-3,6-7H2,1H3. The fourth-order valence-electron chi connectivity index (χ4n) is 1.91. The van der Waals surface area contributed by atoms with Crippen molar-refractivity contribution in [2.45, 2.75) is 32.4 Å². The summed E-state index contributed by atoms with van der Waals surface area (Å²) in [5.41, 5.74) is 0. The van der Waals surface area contributed by atoms with Crippen LogP contribution in [0.25, 0.3) is 0 Å². The van der Waals surface area contributed by atoms with Crippen LogP contribution in [0.2, 0.25) is 0 Å². The van der Waals surface area contributed by atoms with Crippen molar-refractivity contribution in [2.75, 3.05) is 6.54 Å². The SMILES string of the molecule is CC1CCC(Cn2ccnc2)CN1. The number of nitrogens with one attached hydrogen (secondary N) is 1. The Hall–Kier alpha value is -0.830. The molecule has 2 atom stereocenters. The van der Waals surface area contributed by atoms with Crippen molar-refractivity contribution in [3.8, 4) is 0 Å². The highest BCUT2D eigenvalue weighted by Gasteiger charge is 2.17. The molecule has 0 spiro atoms. The molecule has 0 bridgehead atoms. The normalized spacial score (nSPS) is 29.0. The summed E-state index contributed by atoms with van der Waals surface area (Å²) in [6, 6.07) is 0.707. The third-order valence-corrected chi connectivity index (χ3v) is 2.79. The number of hydrogen-bond donors (Lipinski definition) is 1. The van der Waals surface area contributed by atoms with E-state index in [1.807, 2.05) is 18.7 Å². The van der Waals surface area contributed by atoms with Crippen LogP contribution in [0.1, 0.15) is 19.8 Å². The molecular formula is C10H17N3. The van der Waals surface area contributed by atoms with E-state index < -0.39 is 0 Å². The molecule has 0 radical (unpaired) electrons. The summed E-state index contributed by atoms with van der Waals surface area (Å²) in [5.74, 6) is 0.783. The minimum absolute atomic E-state index is 0.707. The Morgan fingerprint density at radius 1 is 1.54 bits per heavy atom. The largest absolute Gasteiger partial charge is 0.337 e. The molecular weight excluding hydrogens is 162 g/mol. The molecule has 3 heteroatoms. The average Bonchev–Trinajstić information content (AvgIpc) is 2.62. The van der Waals surface area contributed by atoms with Crippen LogP contribution in [0.5, 0.6) is 0 Å². The van der Waals surface area contributed by atoms with Crippen LogP contribution in [-0.2, 0) is 6.54 Å². The topological polar surface area (TPSA) is 29.9 Å². The summed E-state index contributed by atoms with van der Waals surface area (Å²) in [7, 11) is 0. The van der Waals surface area contributed by atoms with Crippen molar-refractivity contribution in [2.24, 2.45) is 5.92 Å². The molecule has 1 fully saturated rings. The van der Waals surface area contributed by atoms with Crippen molar-refractivity contribution < 1.29 is 0 Å². The summed E-state index contributed by atoms with van der Waals surface area (Å²) >= 11 is 0. The number of imidazole rings is 1. The summed E-state index contributed by atoms with van der Waals surface area (Å²) in [4.78, 5) is 4.05. The third kappa shape index (κ3) is 2.31. The molecule has 2 heterocycles. The van der Waals surface area contributed by atoms with Gasteiger partial charge in [-0.05, 0) is 32.2 Å². The number of aromatic nitrogens is 2. The molecule has 1 aliphatic rings. The second-order valence-electron chi connectivity index (χ2n) is 4.01. The molecule has 1 aromatic heterocycles. The van der Waals surface area contributed by atoms with Gasteiger partial charge in [0.05, 0.1) is 6.33 Å². The lowest BCUT2D eigenvalue weighted by Gasteiger charge is -2.27. The zero-order valence-electron chi connectivity index (χ0n) is 8.11. The molecule has 2 rings (SSSR count). The van der Waals surface area contributed by atoms with Crippen molar-refractivity contribution >= 4 is 0 Å². The van der Waals surface area contributed by atoms with Crippen LogP contribution in [-0.4, -0.2) is 22.1 Å². The first-order chi connectivity index (χ1) is 6.34. The van der Waals surface area contributed by atoms with Gasteiger partial charge in [0.2, 0.25) is 0 Å². The van der Waals surface area contributed by atoms with Crippen LogP contribution in [0.15, 0.2) is 18.7 Å². The van der Waals surface area contributed by atoms with E-state index in [0.29, 0.717) is 6.04 Å². The van der Waals surface area contributed by atoms with Crippen molar-refractivity contribution in [1.29, 1.82) is 0 Å². The van der Waals surface area contributed by atoms with Gasteiger partial charge in [0.25, 0.3) is 0 Å². The maximum atomic E-state index is 4.05. The van der Waals surface area contributed by atoms with Gasteiger partial charge in [-0.2, -0.15) is 0 Å². The lowest BCUT2D eigenvalue weighted by molar-refractivity contribution is 0.294. The van der Waals surface area contributed by atoms with Gasteiger partial charge < -0.3 is 9.88 Å². The summed E-state index contributed by atoms with van der Waals surface area (Å²) in [6.07, 6.45) is 8.43. The van der Waals surface area contributed by atoms with Gasteiger partial charge in [0, 0.05) is 25.0 Å². The molecule has 1 saturated heterocycles. The quantitative estimate of drug-likeness (QED) is 0.741. The average molecular weight is 179 g/mol. The molecule has 1 aromatic rings. The van der Waals surface area contributed by atoms with E-state index in [1.165, 1.54) is 12.8 Å². The monoisotopic (exact) mass is 179 g/mol. The van der Waals surface area contributed by atoms with Gasteiger partial charge >= 0.3 is 0 Å². The molecule has 3 nitrogen and oxygen atoms in total. The Labute approximate surface area is 79.2 Å². The summed E-state index contributed by atoms with van der Waals surface area (Å²) in [5, 5.41) is 3.51. The minimum atomic E-state index is 0.707. The maximum Gasteiger partial charge on any atom is 0.0946 e. The molecule has 0 amide bonds. The highest BCUT2D eigenvalue weighted by molar-refractivity contribution is 4.79. The van der Waals surface area contributed by atoms with Crippen LogP contribution in [0.4, 0.5) is 0 Å². The van der Waals surface area contributed by atoms with E-state index in [9.17, 15) is 0 Å². The molecule has 2 unspecified atom stereocenters. The van der Waals surface area contributed by atoms with Gasteiger partial charge in [-0.15, -0.1) is 0 Å². The molecule has 13 heavy (non-hydrogen) atoms. The first-order valence-corrected chi connectivity index (χ1v) is 5.03. The minimum Gasteiger partial charge on any atom is -0.337 e. The van der Waals surface area contributed by atoms with Crippen molar-refractivity contribution in [3.05, 3.63) is 18.7 Å². The highest BCUT2D eigenvalue weighted by Crippen LogP contribution is 2.15. The number of rotatable bonds is 2. The fourth-order valence-corrected chi connectivity index (χ4v) is 1.91. The smallest absolute Gasteiger partial charge is 0.0946 e. The van der Waals surface area contributed by atoms with E-state index in [4.69, 9.17) is 0 Å². The first-order valence-electron chi connectivity index (χ1n) is 5.03.